The molecule has 0 heterocycles. The molecular formula is C18H36N8O6. The van der Waals surface area contributed by atoms with E-state index in [1.807, 2.05) is 0 Å². The van der Waals surface area contributed by atoms with Crippen LogP contribution in [0.4, 0.5) is 0 Å². The van der Waals surface area contributed by atoms with Crippen LogP contribution in [0.3, 0.4) is 0 Å². The quantitative estimate of drug-likeness (QED) is 0.0612. The second kappa shape index (κ2) is 15.8. The smallest absolute Gasteiger partial charge is 0.326 e. The molecule has 4 unspecified atom stereocenters. The number of guanidine groups is 1. The van der Waals surface area contributed by atoms with Gasteiger partial charge in [-0.05, 0) is 45.6 Å². The van der Waals surface area contributed by atoms with Crippen molar-refractivity contribution in [3.8, 4) is 0 Å². The monoisotopic (exact) mass is 460 g/mol. The first-order valence-corrected chi connectivity index (χ1v) is 10.3. The molecule has 0 aromatic carbocycles. The van der Waals surface area contributed by atoms with E-state index in [0.29, 0.717) is 25.8 Å². The summed E-state index contributed by atoms with van der Waals surface area (Å²) in [6.07, 6.45) is 1.98. The van der Waals surface area contributed by atoms with Crippen LogP contribution in [0.5, 0.6) is 0 Å². The third-order valence-electron chi connectivity index (χ3n) is 4.43. The summed E-state index contributed by atoms with van der Waals surface area (Å²) in [6, 6.07) is -4.55. The number of aliphatic carboxylic acids is 1. The molecule has 0 aromatic rings. The molecule has 0 fully saturated rings. The van der Waals surface area contributed by atoms with Gasteiger partial charge in [-0.3, -0.25) is 19.4 Å². The Morgan fingerprint density at radius 3 is 2.06 bits per heavy atom. The van der Waals surface area contributed by atoms with Gasteiger partial charge in [0.1, 0.15) is 18.1 Å². The van der Waals surface area contributed by atoms with Gasteiger partial charge in [0.15, 0.2) is 5.96 Å². The minimum absolute atomic E-state index is 0.0802. The van der Waals surface area contributed by atoms with Crippen LogP contribution in [0.1, 0.15) is 39.0 Å². The maximum atomic E-state index is 12.3. The number of carbonyl (C=O) groups is 4. The molecule has 0 spiro atoms. The zero-order valence-electron chi connectivity index (χ0n) is 18.3. The number of nitrogens with one attached hydrogen (secondary N) is 3. The third-order valence-corrected chi connectivity index (χ3v) is 4.43. The summed E-state index contributed by atoms with van der Waals surface area (Å²) in [5.41, 5.74) is 21.5. The van der Waals surface area contributed by atoms with Crippen molar-refractivity contribution >= 4 is 29.7 Å². The topological polar surface area (TPSA) is 261 Å². The van der Waals surface area contributed by atoms with Crippen LogP contribution < -0.4 is 38.9 Å². The first-order valence-electron chi connectivity index (χ1n) is 10.3. The van der Waals surface area contributed by atoms with E-state index >= 15 is 0 Å². The Hall–Kier alpha value is -2.97. The largest absolute Gasteiger partial charge is 0.480 e. The predicted octanol–water partition coefficient (Wildman–Crippen LogP) is -3.95. The summed E-state index contributed by atoms with van der Waals surface area (Å²) in [4.78, 5) is 51.8. The SMILES string of the molecule is CC(NC(=O)C(CO)NC(=O)C(N)CCCN=C(N)N)C(=O)NC(CCCCN)C(=O)O. The Morgan fingerprint density at radius 2 is 1.53 bits per heavy atom. The number of hydrogen-bond acceptors (Lipinski definition) is 8. The van der Waals surface area contributed by atoms with Gasteiger partial charge in [0.2, 0.25) is 17.7 Å². The summed E-state index contributed by atoms with van der Waals surface area (Å²) >= 11 is 0. The number of carbonyl (C=O) groups excluding carboxylic acids is 3. The van der Waals surface area contributed by atoms with Gasteiger partial charge in [-0.15, -0.1) is 0 Å². The number of aliphatic imine (C=N–C) groups is 1. The molecule has 0 rings (SSSR count). The summed E-state index contributed by atoms with van der Waals surface area (Å²) in [5.74, 6) is -3.51. The molecule has 13 N–H and O–H groups in total. The van der Waals surface area contributed by atoms with Crippen LogP contribution in [0.15, 0.2) is 4.99 Å². The normalized spacial score (nSPS) is 14.4. The summed E-state index contributed by atoms with van der Waals surface area (Å²) < 4.78 is 0. The number of unbranched alkanes of at least 4 members (excludes halogenated alkanes) is 1. The number of hydrogen-bond donors (Lipinski definition) is 9. The van der Waals surface area contributed by atoms with E-state index < -0.39 is 54.5 Å². The van der Waals surface area contributed by atoms with E-state index in [1.54, 1.807) is 0 Å². The lowest BCUT2D eigenvalue weighted by atomic mass is 10.1. The fourth-order valence-electron chi connectivity index (χ4n) is 2.55. The molecule has 14 heteroatoms. The van der Waals surface area contributed by atoms with Crippen molar-refractivity contribution in [1.29, 1.82) is 0 Å². The van der Waals surface area contributed by atoms with Crippen LogP contribution in [0.2, 0.25) is 0 Å². The van der Waals surface area contributed by atoms with E-state index in [4.69, 9.17) is 22.9 Å². The number of nitrogens with two attached hydrogens (primary N) is 4. The molecule has 0 bridgehead atoms. The lowest BCUT2D eigenvalue weighted by Crippen LogP contribution is -2.57. The van der Waals surface area contributed by atoms with Crippen molar-refractivity contribution in [1.82, 2.24) is 16.0 Å². The molecule has 3 amide bonds. The molecule has 14 nitrogen and oxygen atoms in total. The minimum Gasteiger partial charge on any atom is -0.480 e. The van der Waals surface area contributed by atoms with Crippen LogP contribution in [0, 0.1) is 0 Å². The Morgan fingerprint density at radius 1 is 0.906 bits per heavy atom. The lowest BCUT2D eigenvalue weighted by Gasteiger charge is -2.22. The molecule has 0 aliphatic rings. The van der Waals surface area contributed by atoms with E-state index in [9.17, 15) is 29.4 Å². The molecule has 0 radical (unpaired) electrons. The predicted molar refractivity (Wildman–Crippen MR) is 117 cm³/mol. The van der Waals surface area contributed by atoms with Crippen molar-refractivity contribution in [2.24, 2.45) is 27.9 Å². The molecule has 184 valence electrons. The third kappa shape index (κ3) is 12.0. The van der Waals surface area contributed by atoms with Crippen LogP contribution >= 0.6 is 0 Å². The molecule has 0 aromatic heterocycles. The Kier molecular flexibility index (Phi) is 14.3. The van der Waals surface area contributed by atoms with Crippen molar-refractivity contribution in [2.45, 2.75) is 63.2 Å². The van der Waals surface area contributed by atoms with E-state index in [2.05, 4.69) is 20.9 Å². The number of rotatable bonds is 16. The minimum atomic E-state index is -1.35. The second-order valence-electron chi connectivity index (χ2n) is 7.21. The highest BCUT2D eigenvalue weighted by atomic mass is 16.4. The molecule has 32 heavy (non-hydrogen) atoms. The lowest BCUT2D eigenvalue weighted by molar-refractivity contribution is -0.142. The van der Waals surface area contributed by atoms with Gasteiger partial charge in [-0.1, -0.05) is 0 Å². The summed E-state index contributed by atoms with van der Waals surface area (Å²) in [6.45, 7) is 1.30. The van der Waals surface area contributed by atoms with E-state index in [1.165, 1.54) is 6.92 Å². The van der Waals surface area contributed by atoms with Crippen molar-refractivity contribution in [3.05, 3.63) is 0 Å². The van der Waals surface area contributed by atoms with Gasteiger partial charge >= 0.3 is 5.97 Å². The van der Waals surface area contributed by atoms with Gasteiger partial charge in [0.25, 0.3) is 0 Å². The highest BCUT2D eigenvalue weighted by Gasteiger charge is 2.27. The fourth-order valence-corrected chi connectivity index (χ4v) is 2.55. The molecule has 0 aliphatic heterocycles. The van der Waals surface area contributed by atoms with Gasteiger partial charge in [-0.25, -0.2) is 4.79 Å². The van der Waals surface area contributed by atoms with Gasteiger partial charge < -0.3 is 49.1 Å². The maximum Gasteiger partial charge on any atom is 0.326 e. The number of aliphatic hydroxyl groups excluding tert-OH is 1. The molecule has 4 atom stereocenters. The molecule has 0 saturated heterocycles. The van der Waals surface area contributed by atoms with Gasteiger partial charge in [-0.2, -0.15) is 0 Å². The second-order valence-corrected chi connectivity index (χ2v) is 7.21. The van der Waals surface area contributed by atoms with Gasteiger partial charge in [0, 0.05) is 6.54 Å². The first-order chi connectivity index (χ1) is 15.0. The maximum absolute atomic E-state index is 12.3. The van der Waals surface area contributed by atoms with E-state index in [-0.39, 0.29) is 25.3 Å². The zero-order chi connectivity index (χ0) is 24.7. The van der Waals surface area contributed by atoms with Crippen molar-refractivity contribution < 1.29 is 29.4 Å². The number of amides is 3. The average Bonchev–Trinajstić information content (AvgIpc) is 2.73. The summed E-state index contributed by atoms with van der Waals surface area (Å²) in [7, 11) is 0. The van der Waals surface area contributed by atoms with Gasteiger partial charge in [0.05, 0.1) is 12.6 Å². The number of carboxylic acids is 1. The van der Waals surface area contributed by atoms with Crippen molar-refractivity contribution in [2.75, 3.05) is 19.7 Å². The van der Waals surface area contributed by atoms with Crippen LogP contribution in [0.25, 0.3) is 0 Å². The Labute approximate surface area is 186 Å². The van der Waals surface area contributed by atoms with Crippen LogP contribution in [-0.2, 0) is 19.2 Å². The number of aliphatic hydroxyl groups is 1. The fraction of sp³-hybridized carbons (Fsp3) is 0.722. The summed E-state index contributed by atoms with van der Waals surface area (Å²) in [5, 5.41) is 25.6. The van der Waals surface area contributed by atoms with Crippen molar-refractivity contribution in [3.63, 3.8) is 0 Å². The Bertz CT molecular complexity index is 655. The number of carboxylic acid groups (broad SMARTS) is 1. The van der Waals surface area contributed by atoms with E-state index in [0.717, 1.165) is 0 Å². The molecule has 0 saturated carbocycles. The average molecular weight is 461 g/mol. The Balaban J connectivity index is 4.69. The molecule has 0 aliphatic carbocycles. The standard InChI is InChI=1S/C18H36N8O6/c1-10(14(28)25-12(17(31)32)6-2-3-7-19)24-16(30)13(9-27)26-15(29)11(20)5-4-8-23-18(21)22/h10-13,27H,2-9,19-20H2,1H3,(H,24,30)(H,25,28)(H,26,29)(H,31,32)(H4,21,22,23). The number of nitrogens with zero attached hydrogens (tertiary/aromatic N) is 1. The van der Waals surface area contributed by atoms with Crippen LogP contribution in [-0.4, -0.2) is 83.7 Å². The first kappa shape index (κ1) is 29.0. The highest BCUT2D eigenvalue weighted by Crippen LogP contribution is 2.02. The highest BCUT2D eigenvalue weighted by molar-refractivity contribution is 5.93. The zero-order valence-corrected chi connectivity index (χ0v) is 18.3. The molecular weight excluding hydrogens is 424 g/mol.